The minimum absolute atomic E-state index is 0.539. The monoisotopic (exact) mass is 424 g/mol. The van der Waals surface area contributed by atoms with Gasteiger partial charge in [-0.1, -0.05) is 59.9 Å². The molecule has 0 aliphatic heterocycles. The van der Waals surface area contributed by atoms with Crippen LogP contribution in [-0.2, 0) is 6.61 Å². The van der Waals surface area contributed by atoms with E-state index in [9.17, 15) is 0 Å². The number of hydrogen-bond donors (Lipinski definition) is 0. The van der Waals surface area contributed by atoms with Gasteiger partial charge in [0.2, 0.25) is 10.8 Å². The minimum Gasteiger partial charge on any atom is -0.489 e. The normalized spacial score (nSPS) is 11.4. The van der Waals surface area contributed by atoms with Crippen LogP contribution in [0, 0.1) is 0 Å². The molecule has 0 fully saturated rings. The summed E-state index contributed by atoms with van der Waals surface area (Å²) in [5, 5.41) is 15.2. The van der Waals surface area contributed by atoms with Gasteiger partial charge in [0.25, 0.3) is 0 Å². The van der Waals surface area contributed by atoms with E-state index in [0.29, 0.717) is 18.2 Å². The number of aromatic nitrogens is 4. The van der Waals surface area contributed by atoms with E-state index in [1.807, 2.05) is 84.9 Å². The highest BCUT2D eigenvalue weighted by atomic mass is 32.1. The number of para-hydroxylation sites is 1. The highest BCUT2D eigenvalue weighted by molar-refractivity contribution is 7.19. The first kappa shape index (κ1) is 17.9. The Morgan fingerprint density at radius 1 is 0.871 bits per heavy atom. The molecule has 3 heterocycles. The predicted molar refractivity (Wildman–Crippen MR) is 120 cm³/mol. The van der Waals surface area contributed by atoms with Crippen molar-refractivity contribution in [3.63, 3.8) is 0 Å². The fraction of sp³-hybridized carbons (Fsp3) is 0.0417. The van der Waals surface area contributed by atoms with Gasteiger partial charge in [0.15, 0.2) is 5.76 Å². The van der Waals surface area contributed by atoms with Gasteiger partial charge >= 0.3 is 0 Å². The molecule has 0 spiro atoms. The Morgan fingerprint density at radius 3 is 2.52 bits per heavy atom. The summed E-state index contributed by atoms with van der Waals surface area (Å²) in [6.07, 6.45) is 0. The molecule has 6 nitrogen and oxygen atoms in total. The Kier molecular flexibility index (Phi) is 4.25. The standard InChI is InChI=1S/C24H16N4O2S/c1-2-6-16(7-3-1)15-29-19-12-10-17(11-13-19)23-27-28-22(25-26-24(28)31-23)21-14-18-8-4-5-9-20(18)30-21/h1-14H,15H2. The third-order valence-electron chi connectivity index (χ3n) is 4.99. The fourth-order valence-corrected chi connectivity index (χ4v) is 4.26. The van der Waals surface area contributed by atoms with Crippen molar-refractivity contribution >= 4 is 27.3 Å². The smallest absolute Gasteiger partial charge is 0.235 e. The van der Waals surface area contributed by atoms with Gasteiger partial charge in [0.1, 0.15) is 22.9 Å². The quantitative estimate of drug-likeness (QED) is 0.348. The second kappa shape index (κ2) is 7.37. The van der Waals surface area contributed by atoms with Crippen molar-refractivity contribution < 1.29 is 9.15 Å². The molecule has 0 saturated carbocycles. The maximum absolute atomic E-state index is 5.94. The van der Waals surface area contributed by atoms with Crippen molar-refractivity contribution in [1.29, 1.82) is 0 Å². The Morgan fingerprint density at radius 2 is 1.68 bits per heavy atom. The number of furan rings is 1. The summed E-state index contributed by atoms with van der Waals surface area (Å²) in [5.74, 6) is 2.06. The van der Waals surface area contributed by atoms with Gasteiger partial charge < -0.3 is 9.15 Å². The molecular formula is C24H16N4O2S. The summed E-state index contributed by atoms with van der Waals surface area (Å²) in [7, 11) is 0. The van der Waals surface area contributed by atoms with Gasteiger partial charge in [0, 0.05) is 10.9 Å². The van der Waals surface area contributed by atoms with Gasteiger partial charge in [0.05, 0.1) is 0 Å². The van der Waals surface area contributed by atoms with Crippen molar-refractivity contribution in [2.24, 2.45) is 0 Å². The highest BCUT2D eigenvalue weighted by Gasteiger charge is 2.17. The number of fused-ring (bicyclic) bond motifs is 2. The van der Waals surface area contributed by atoms with Gasteiger partial charge in [-0.05, 0) is 42.0 Å². The second-order valence-electron chi connectivity index (χ2n) is 7.07. The minimum atomic E-state index is 0.539. The molecule has 0 radical (unpaired) electrons. The van der Waals surface area contributed by atoms with Crippen LogP contribution in [0.15, 0.2) is 89.3 Å². The lowest BCUT2D eigenvalue weighted by Crippen LogP contribution is -1.94. The largest absolute Gasteiger partial charge is 0.489 e. The lowest BCUT2D eigenvalue weighted by Gasteiger charge is -2.06. The molecule has 0 N–H and O–H groups in total. The average Bonchev–Trinajstić information content (AvgIpc) is 3.52. The predicted octanol–water partition coefficient (Wildman–Crippen LogP) is 5.85. The lowest BCUT2D eigenvalue weighted by molar-refractivity contribution is 0.306. The maximum atomic E-state index is 5.94. The van der Waals surface area contributed by atoms with Crippen molar-refractivity contribution in [1.82, 2.24) is 19.8 Å². The lowest BCUT2D eigenvalue weighted by atomic mass is 10.2. The van der Waals surface area contributed by atoms with E-state index >= 15 is 0 Å². The molecule has 0 aliphatic rings. The molecule has 0 aliphatic carbocycles. The van der Waals surface area contributed by atoms with Crippen LogP contribution in [0.3, 0.4) is 0 Å². The Hall–Kier alpha value is -3.97. The van der Waals surface area contributed by atoms with Gasteiger partial charge in [-0.2, -0.15) is 9.61 Å². The Balaban J connectivity index is 1.26. The summed E-state index contributed by atoms with van der Waals surface area (Å²) < 4.78 is 13.5. The first-order valence-corrected chi connectivity index (χ1v) is 10.6. The summed E-state index contributed by atoms with van der Waals surface area (Å²) in [5.41, 5.74) is 2.95. The molecule has 3 aromatic carbocycles. The van der Waals surface area contributed by atoms with Crippen LogP contribution in [-0.4, -0.2) is 19.8 Å². The molecule has 0 amide bonds. The van der Waals surface area contributed by atoms with Crippen LogP contribution in [0.1, 0.15) is 5.56 Å². The molecule has 150 valence electrons. The molecule has 7 heteroatoms. The average molecular weight is 424 g/mol. The number of rotatable bonds is 5. The Bertz CT molecular complexity index is 1450. The van der Waals surface area contributed by atoms with Crippen LogP contribution in [0.5, 0.6) is 5.75 Å². The van der Waals surface area contributed by atoms with Gasteiger partial charge in [-0.25, -0.2) is 0 Å². The molecule has 0 unspecified atom stereocenters. The number of hydrogen-bond acceptors (Lipinski definition) is 6. The van der Waals surface area contributed by atoms with Crippen molar-refractivity contribution in [2.45, 2.75) is 6.61 Å². The molecule has 0 atom stereocenters. The fourth-order valence-electron chi connectivity index (χ4n) is 3.41. The summed E-state index contributed by atoms with van der Waals surface area (Å²) >= 11 is 1.48. The van der Waals surface area contributed by atoms with E-state index in [4.69, 9.17) is 14.3 Å². The molecule has 31 heavy (non-hydrogen) atoms. The molecule has 6 rings (SSSR count). The van der Waals surface area contributed by atoms with E-state index in [1.54, 1.807) is 4.52 Å². The van der Waals surface area contributed by atoms with Crippen LogP contribution < -0.4 is 4.74 Å². The van der Waals surface area contributed by atoms with E-state index < -0.39 is 0 Å². The zero-order chi connectivity index (χ0) is 20.6. The zero-order valence-electron chi connectivity index (χ0n) is 16.3. The first-order chi connectivity index (χ1) is 15.3. The number of nitrogens with zero attached hydrogens (tertiary/aromatic N) is 4. The molecule has 3 aromatic heterocycles. The first-order valence-electron chi connectivity index (χ1n) is 9.82. The van der Waals surface area contributed by atoms with E-state index in [0.717, 1.165) is 37.8 Å². The number of benzene rings is 3. The van der Waals surface area contributed by atoms with Crippen LogP contribution in [0.4, 0.5) is 0 Å². The number of ether oxygens (including phenoxy) is 1. The second-order valence-corrected chi connectivity index (χ2v) is 8.03. The van der Waals surface area contributed by atoms with E-state index in [2.05, 4.69) is 10.2 Å². The van der Waals surface area contributed by atoms with Gasteiger partial charge in [-0.3, -0.25) is 0 Å². The molecular weight excluding hydrogens is 408 g/mol. The topological polar surface area (TPSA) is 65.5 Å². The summed E-state index contributed by atoms with van der Waals surface area (Å²) in [6, 6.07) is 27.9. The zero-order valence-corrected chi connectivity index (χ0v) is 17.1. The van der Waals surface area contributed by atoms with E-state index in [-0.39, 0.29) is 0 Å². The summed E-state index contributed by atoms with van der Waals surface area (Å²) in [6.45, 7) is 0.539. The van der Waals surface area contributed by atoms with Crippen LogP contribution >= 0.6 is 11.3 Å². The van der Waals surface area contributed by atoms with Crippen molar-refractivity contribution in [3.05, 3.63) is 90.5 Å². The van der Waals surface area contributed by atoms with Crippen molar-refractivity contribution in [3.8, 4) is 27.9 Å². The third-order valence-corrected chi connectivity index (χ3v) is 5.93. The summed E-state index contributed by atoms with van der Waals surface area (Å²) in [4.78, 5) is 0.717. The van der Waals surface area contributed by atoms with Crippen LogP contribution in [0.25, 0.3) is 38.1 Å². The molecule has 6 aromatic rings. The highest BCUT2D eigenvalue weighted by Crippen LogP contribution is 2.31. The van der Waals surface area contributed by atoms with Crippen molar-refractivity contribution in [2.75, 3.05) is 0 Å². The van der Waals surface area contributed by atoms with Crippen LogP contribution in [0.2, 0.25) is 0 Å². The third kappa shape index (κ3) is 3.35. The van der Waals surface area contributed by atoms with Gasteiger partial charge in [-0.15, -0.1) is 10.2 Å². The molecule has 0 bridgehead atoms. The molecule has 0 saturated heterocycles. The van der Waals surface area contributed by atoms with E-state index in [1.165, 1.54) is 11.3 Å². The SMILES string of the molecule is c1ccc(COc2ccc(-c3nn4c(-c5cc6ccccc6o5)nnc4s3)cc2)cc1. The Labute approximate surface area is 181 Å². The maximum Gasteiger partial charge on any atom is 0.235 e.